The number of benzene rings is 2. The van der Waals surface area contributed by atoms with Crippen LogP contribution in [0.25, 0.3) is 11.0 Å². The predicted molar refractivity (Wildman–Crippen MR) is 149 cm³/mol. The van der Waals surface area contributed by atoms with Gasteiger partial charge in [0.1, 0.15) is 11.9 Å². The van der Waals surface area contributed by atoms with Crippen LogP contribution >= 0.6 is 0 Å². The van der Waals surface area contributed by atoms with Gasteiger partial charge in [-0.25, -0.2) is 4.39 Å². The van der Waals surface area contributed by atoms with Crippen molar-refractivity contribution in [3.8, 4) is 0 Å². The van der Waals surface area contributed by atoms with Crippen LogP contribution in [0.1, 0.15) is 47.2 Å². The van der Waals surface area contributed by atoms with Gasteiger partial charge in [0, 0.05) is 63.4 Å². The summed E-state index contributed by atoms with van der Waals surface area (Å²) < 4.78 is 18.9. The van der Waals surface area contributed by atoms with Gasteiger partial charge in [-0.2, -0.15) is 0 Å². The maximum Gasteiger partial charge on any atom is 0.255 e. The van der Waals surface area contributed by atoms with Crippen LogP contribution in [0, 0.1) is 5.82 Å². The second kappa shape index (κ2) is 10.5. The van der Waals surface area contributed by atoms with Gasteiger partial charge in [0.05, 0.1) is 5.39 Å². The van der Waals surface area contributed by atoms with E-state index in [1.165, 1.54) is 17.7 Å². The third kappa shape index (κ3) is 4.97. The minimum atomic E-state index is -0.586. The van der Waals surface area contributed by atoms with E-state index in [9.17, 15) is 18.8 Å². The zero-order valence-electron chi connectivity index (χ0n) is 22.9. The number of nitrogens with zero attached hydrogens (tertiary/aromatic N) is 5. The number of fused-ring (bicyclic) bond motifs is 2. The summed E-state index contributed by atoms with van der Waals surface area (Å²) >= 11 is 0. The van der Waals surface area contributed by atoms with Crippen LogP contribution in [-0.4, -0.2) is 88.9 Å². The van der Waals surface area contributed by atoms with E-state index in [1.54, 1.807) is 11.0 Å². The van der Waals surface area contributed by atoms with Crippen molar-refractivity contribution in [3.63, 3.8) is 0 Å². The van der Waals surface area contributed by atoms with Crippen molar-refractivity contribution >= 4 is 34.5 Å². The zero-order valence-corrected chi connectivity index (χ0v) is 22.9. The molecule has 2 aromatic carbocycles. The summed E-state index contributed by atoms with van der Waals surface area (Å²) in [6, 6.07) is 10.6. The molecular formula is C30H33FN6O4. The van der Waals surface area contributed by atoms with Crippen molar-refractivity contribution in [2.24, 2.45) is 0 Å². The largest absolute Gasteiger partial charge is 0.354 e. The van der Waals surface area contributed by atoms with Gasteiger partial charge in [0.2, 0.25) is 11.8 Å². The first-order chi connectivity index (χ1) is 19.9. The molecule has 4 aliphatic rings. The Balaban J connectivity index is 0.911. The van der Waals surface area contributed by atoms with E-state index in [0.717, 1.165) is 75.4 Å². The van der Waals surface area contributed by atoms with Gasteiger partial charge in [-0.1, -0.05) is 17.3 Å². The third-order valence-corrected chi connectivity index (χ3v) is 9.10. The van der Waals surface area contributed by atoms with Gasteiger partial charge in [-0.15, -0.1) is 0 Å². The highest BCUT2D eigenvalue weighted by atomic mass is 19.1. The number of anilines is 1. The van der Waals surface area contributed by atoms with Crippen LogP contribution in [0.2, 0.25) is 0 Å². The fourth-order valence-corrected chi connectivity index (χ4v) is 6.85. The fourth-order valence-electron chi connectivity index (χ4n) is 6.85. The van der Waals surface area contributed by atoms with Gasteiger partial charge in [0.25, 0.3) is 5.91 Å². The van der Waals surface area contributed by atoms with Crippen LogP contribution < -0.4 is 10.2 Å². The minimum absolute atomic E-state index is 0.132. The molecular weight excluding hydrogens is 527 g/mol. The number of aromatic nitrogens is 1. The Morgan fingerprint density at radius 2 is 1.76 bits per heavy atom. The third-order valence-electron chi connectivity index (χ3n) is 9.10. The molecule has 3 saturated heterocycles. The number of likely N-dealkylation sites (tertiary alicyclic amines) is 1. The molecule has 3 amide bonds. The standard InChI is InChI=1S/C30H33FN6O4/c31-21-2-4-24-26(16-21)41-33-28(24)36-13-11-35(12-14-36)22-7-9-34(10-8-22)17-19-1-3-23-20(15-19)18-37(30(23)40)25-5-6-27(38)32-29(25)39/h1-4,15-16,22,25H,5-14,17-18H2,(H,32,38,39). The number of imide groups is 1. The van der Waals surface area contributed by atoms with Gasteiger partial charge in [0.15, 0.2) is 11.4 Å². The molecule has 0 saturated carbocycles. The summed E-state index contributed by atoms with van der Waals surface area (Å²) in [6.07, 6.45) is 2.85. The van der Waals surface area contributed by atoms with Crippen molar-refractivity contribution in [3.05, 3.63) is 58.9 Å². The predicted octanol–water partition coefficient (Wildman–Crippen LogP) is 2.51. The molecule has 0 radical (unpaired) electrons. The van der Waals surface area contributed by atoms with Crippen molar-refractivity contribution in [1.82, 2.24) is 25.2 Å². The Hall–Kier alpha value is -3.83. The van der Waals surface area contributed by atoms with E-state index < -0.39 is 6.04 Å². The second-order valence-electron chi connectivity index (χ2n) is 11.6. The normalized spacial score (nSPS) is 23.0. The number of amides is 3. The molecule has 4 aliphatic heterocycles. The molecule has 0 aliphatic carbocycles. The summed E-state index contributed by atoms with van der Waals surface area (Å²) in [6.45, 7) is 6.92. The van der Waals surface area contributed by atoms with Gasteiger partial charge in [-0.05, 0) is 61.7 Å². The first kappa shape index (κ1) is 26.1. The average molecular weight is 561 g/mol. The minimum Gasteiger partial charge on any atom is -0.354 e. The Bertz CT molecular complexity index is 1510. The molecule has 3 aromatic rings. The lowest BCUT2D eigenvalue weighted by Gasteiger charge is -2.42. The van der Waals surface area contributed by atoms with Crippen LogP contribution in [0.15, 0.2) is 40.9 Å². The second-order valence-corrected chi connectivity index (χ2v) is 11.6. The first-order valence-electron chi connectivity index (χ1n) is 14.5. The zero-order chi connectivity index (χ0) is 28.1. The summed E-state index contributed by atoms with van der Waals surface area (Å²) in [7, 11) is 0. The highest BCUT2D eigenvalue weighted by Crippen LogP contribution is 2.30. The van der Waals surface area contributed by atoms with Crippen molar-refractivity contribution in [2.75, 3.05) is 44.2 Å². The van der Waals surface area contributed by atoms with E-state index >= 15 is 0 Å². The van der Waals surface area contributed by atoms with Crippen LogP contribution in [-0.2, 0) is 22.7 Å². The molecule has 1 N–H and O–H groups in total. The summed E-state index contributed by atoms with van der Waals surface area (Å²) in [4.78, 5) is 45.7. The number of halogens is 1. The smallest absolute Gasteiger partial charge is 0.255 e. The lowest BCUT2D eigenvalue weighted by Crippen LogP contribution is -2.53. The number of nitrogens with one attached hydrogen (secondary N) is 1. The molecule has 41 heavy (non-hydrogen) atoms. The van der Waals surface area contributed by atoms with E-state index in [1.807, 2.05) is 12.1 Å². The highest BCUT2D eigenvalue weighted by molar-refractivity contribution is 6.05. The quantitative estimate of drug-likeness (QED) is 0.475. The molecule has 10 nitrogen and oxygen atoms in total. The van der Waals surface area contributed by atoms with E-state index in [2.05, 4.69) is 31.2 Å². The van der Waals surface area contributed by atoms with E-state index in [0.29, 0.717) is 30.2 Å². The molecule has 7 rings (SSSR count). The highest BCUT2D eigenvalue weighted by Gasteiger charge is 2.39. The SMILES string of the molecule is O=C1CCC(N2Cc3cc(CN4CCC(N5CCN(c6noc7cc(F)ccc67)CC5)CC4)ccc3C2=O)C(=O)N1. The lowest BCUT2D eigenvalue weighted by molar-refractivity contribution is -0.136. The molecule has 1 aromatic heterocycles. The number of carbonyl (C=O) groups is 3. The summed E-state index contributed by atoms with van der Waals surface area (Å²) in [5.74, 6) is -0.310. The van der Waals surface area contributed by atoms with Gasteiger partial charge >= 0.3 is 0 Å². The molecule has 1 atom stereocenters. The molecule has 11 heteroatoms. The first-order valence-corrected chi connectivity index (χ1v) is 14.5. The summed E-state index contributed by atoms with van der Waals surface area (Å²) in [5, 5.41) is 7.43. The number of hydrogen-bond acceptors (Lipinski definition) is 8. The fraction of sp³-hybridized carbons (Fsp3) is 0.467. The maximum absolute atomic E-state index is 13.5. The van der Waals surface area contributed by atoms with Crippen LogP contribution in [0.5, 0.6) is 0 Å². The maximum atomic E-state index is 13.5. The molecule has 0 spiro atoms. The molecule has 5 heterocycles. The Labute approximate surface area is 237 Å². The molecule has 214 valence electrons. The Kier molecular flexibility index (Phi) is 6.70. The Morgan fingerprint density at radius 3 is 2.54 bits per heavy atom. The monoisotopic (exact) mass is 560 g/mol. The molecule has 0 bridgehead atoms. The van der Waals surface area contributed by atoms with E-state index in [-0.39, 0.29) is 30.0 Å². The number of hydrogen-bond donors (Lipinski definition) is 1. The number of rotatable bonds is 5. The Morgan fingerprint density at radius 1 is 0.951 bits per heavy atom. The number of piperidine rings is 2. The van der Waals surface area contributed by atoms with Crippen molar-refractivity contribution < 1.29 is 23.3 Å². The number of piperazine rings is 1. The molecule has 1 unspecified atom stereocenters. The van der Waals surface area contributed by atoms with Gasteiger partial charge in [-0.3, -0.25) is 29.5 Å². The van der Waals surface area contributed by atoms with Crippen LogP contribution in [0.3, 0.4) is 0 Å². The topological polar surface area (TPSA) is 102 Å². The van der Waals surface area contributed by atoms with Crippen molar-refractivity contribution in [2.45, 2.75) is 50.9 Å². The number of carbonyl (C=O) groups excluding carboxylic acids is 3. The van der Waals surface area contributed by atoms with E-state index in [4.69, 9.17) is 4.52 Å². The van der Waals surface area contributed by atoms with Gasteiger partial charge < -0.3 is 14.3 Å². The summed E-state index contributed by atoms with van der Waals surface area (Å²) in [5.41, 5.74) is 3.27. The average Bonchev–Trinajstić information content (AvgIpc) is 3.54. The lowest BCUT2D eigenvalue weighted by atomic mass is 10.0. The molecule has 3 fully saturated rings. The van der Waals surface area contributed by atoms with Crippen LogP contribution in [0.4, 0.5) is 10.2 Å². The van der Waals surface area contributed by atoms with Crippen molar-refractivity contribution in [1.29, 1.82) is 0 Å².